The lowest BCUT2D eigenvalue weighted by atomic mass is 9.25. The van der Waals surface area contributed by atoms with E-state index in [1.165, 1.54) is 51.4 Å². The number of rotatable bonds is 0. The Bertz CT molecular complexity index is 4880. The van der Waals surface area contributed by atoms with Gasteiger partial charge in [-0.3, -0.25) is 0 Å². The molecule has 0 saturated heterocycles. The van der Waals surface area contributed by atoms with Crippen molar-refractivity contribution in [1.82, 2.24) is 6.15 Å². The molecule has 0 aromatic heterocycles. The molecule has 150 heavy (non-hydrogen) atoms. The van der Waals surface area contributed by atoms with Crippen LogP contribution in [0.5, 0.6) is 0 Å². The van der Waals surface area contributed by atoms with Crippen LogP contribution in [0.25, 0.3) is 0 Å². The van der Waals surface area contributed by atoms with Crippen molar-refractivity contribution in [3.05, 3.63) is 11.1 Å². The van der Waals surface area contributed by atoms with Crippen LogP contribution in [0.1, 0.15) is 462 Å². The minimum Gasteiger partial charge on any atom is -0.344 e. The van der Waals surface area contributed by atoms with E-state index in [-0.39, 0.29) is 83.4 Å². The Kier molecular flexibility index (Phi) is 43.5. The summed E-state index contributed by atoms with van der Waals surface area (Å²) in [5, 5.41) is 0. The van der Waals surface area contributed by atoms with Crippen molar-refractivity contribution in [2.24, 2.45) is 386 Å². The van der Waals surface area contributed by atoms with Gasteiger partial charge in [-0.25, -0.2) is 0 Å². The molecule has 0 amide bonds. The Morgan fingerprint density at radius 2 is 0.447 bits per heavy atom. The molecule has 60 unspecified atom stereocenters. The maximum atomic E-state index is 4.72. The van der Waals surface area contributed by atoms with Gasteiger partial charge in [-0.2, -0.15) is 0 Å². The molecule has 14 rings (SSSR count). The highest BCUT2D eigenvalue weighted by atomic mass is 14.8. The van der Waals surface area contributed by atoms with Crippen LogP contribution in [0, 0.1) is 483 Å². The Morgan fingerprint density at radius 1 is 0.227 bits per heavy atom. The quantitative estimate of drug-likeness (QED) is 0.190. The number of hydrogen-bond donors (Lipinski definition) is 1. The lowest BCUT2D eigenvalue weighted by molar-refractivity contribution is -0.308. The molecule has 0 aliphatic heterocycles. The molecular formula is C149H275N. The minimum absolute atomic E-state index is 0. The maximum Gasteiger partial charge on any atom is 0 e. The van der Waals surface area contributed by atoms with Crippen LogP contribution in [0.4, 0.5) is 0 Å². The molecule has 1 nitrogen and oxygen atoms in total. The van der Waals surface area contributed by atoms with E-state index in [2.05, 4.69) is 450 Å². The summed E-state index contributed by atoms with van der Waals surface area (Å²) in [6.45, 7) is 161. The SMILES string of the molecule is C.C#C.C#CC.C#CC#CC.C#CC#CC#C.CC#CC.CC1CC2(C)C(C)(C)C(C)(C)C(C)(C)C(C)(C)C2(C)CC(C)C2C(C)C3C(C)C(C)C4=C5C(C)C(C)C6C(C)C(CCC7(C)C(C)(C)C(C)C(C)C(C)(C)C7(C)CC(C)C7C(C)C(C(C)C5C)C(C)C(C7C)C5CC(C(C)C7C(C)C(C)C(C)C(C)C7C5C)C(C2C)C3C)CC(C6C)C2CC(C(C)C3C(C)C(C)C(C)C(C)C3C2C)C2C(C)C1C(C)C(C(C)C4C)C2C.N.[HH].[HH].[HH].[HH].[HH].[HH].[HH].[HH].[HH].[HH].[HH]. The number of fused-ring (bicyclic) bond motifs is 24. The summed E-state index contributed by atoms with van der Waals surface area (Å²) < 4.78 is 0. The summed E-state index contributed by atoms with van der Waals surface area (Å²) in [5.74, 6) is 59.7. The molecule has 0 aromatic carbocycles. The van der Waals surface area contributed by atoms with Crippen molar-refractivity contribution >= 4 is 0 Å². The lowest BCUT2D eigenvalue weighted by Gasteiger charge is -2.79. The fourth-order valence-electron chi connectivity index (χ4n) is 48.8. The highest BCUT2D eigenvalue weighted by Crippen LogP contribution is 2.83. The molecule has 18 bridgehead atoms. The molecule has 12 saturated carbocycles. The number of terminal acetylenes is 5. The zero-order valence-corrected chi connectivity index (χ0v) is 109. The summed E-state index contributed by atoms with van der Waals surface area (Å²) in [7, 11) is 0. The second kappa shape index (κ2) is 49.0. The van der Waals surface area contributed by atoms with Gasteiger partial charge < -0.3 is 6.15 Å². The maximum absolute atomic E-state index is 4.72. The molecule has 3 N–H and O–H groups in total. The van der Waals surface area contributed by atoms with E-state index in [1.54, 1.807) is 13.8 Å². The Labute approximate surface area is 956 Å². The first-order valence-electron chi connectivity index (χ1n) is 63.3. The van der Waals surface area contributed by atoms with Crippen LogP contribution in [0.2, 0.25) is 0 Å². The van der Waals surface area contributed by atoms with Crippen LogP contribution in [0.15, 0.2) is 11.1 Å². The van der Waals surface area contributed by atoms with Crippen LogP contribution < -0.4 is 6.15 Å². The van der Waals surface area contributed by atoms with Crippen LogP contribution in [0.3, 0.4) is 0 Å². The first-order chi connectivity index (χ1) is 68.3. The van der Waals surface area contributed by atoms with Crippen molar-refractivity contribution in [2.45, 2.75) is 447 Å². The van der Waals surface area contributed by atoms with E-state index in [9.17, 15) is 0 Å². The predicted molar refractivity (Wildman–Crippen MR) is 685 cm³/mol. The lowest BCUT2D eigenvalue weighted by Crippen LogP contribution is -2.73. The van der Waals surface area contributed by atoms with Gasteiger partial charge in [-0.1, -0.05) is 385 Å². The third-order valence-corrected chi connectivity index (χ3v) is 60.1. The van der Waals surface area contributed by atoms with Gasteiger partial charge in [0.2, 0.25) is 0 Å². The Balaban J connectivity index is -0.00000227. The van der Waals surface area contributed by atoms with Crippen molar-refractivity contribution in [3.8, 4) is 97.7 Å². The molecule has 14 aliphatic carbocycles. The fraction of sp³-hybridized carbons (Fsp3) is 0.879. The molecule has 0 heterocycles. The van der Waals surface area contributed by atoms with Gasteiger partial charge >= 0.3 is 0 Å². The largest absolute Gasteiger partial charge is 0.344 e. The van der Waals surface area contributed by atoms with Gasteiger partial charge in [0.25, 0.3) is 0 Å². The van der Waals surface area contributed by atoms with Crippen LogP contribution >= 0.6 is 0 Å². The summed E-state index contributed by atoms with van der Waals surface area (Å²) in [4.78, 5) is 0. The molecule has 0 radical (unpaired) electrons. The third-order valence-electron chi connectivity index (χ3n) is 60.1. The van der Waals surface area contributed by atoms with Gasteiger partial charge in [0.1, 0.15) is 0 Å². The van der Waals surface area contributed by atoms with Gasteiger partial charge in [-0.15, -0.1) is 56.3 Å². The monoisotopic (exact) mass is 2080 g/mol. The second-order valence-electron chi connectivity index (χ2n) is 62.9. The fourth-order valence-corrected chi connectivity index (χ4v) is 48.8. The van der Waals surface area contributed by atoms with E-state index in [0.717, 1.165) is 76.9 Å². The molecule has 60 atom stereocenters. The minimum atomic E-state index is 0. The molecular weight excluding hydrogens is 1800 g/mol. The summed E-state index contributed by atoms with van der Waals surface area (Å²) in [5.41, 5.74) is 5.01. The van der Waals surface area contributed by atoms with E-state index < -0.39 is 0 Å². The van der Waals surface area contributed by atoms with Gasteiger partial charge in [0.15, 0.2) is 0 Å². The normalized spacial score (nSPS) is 52.5. The first-order valence-corrected chi connectivity index (χ1v) is 63.3. The Hall–Kier alpha value is -3.82. The van der Waals surface area contributed by atoms with Crippen molar-refractivity contribution < 1.29 is 15.7 Å². The molecule has 14 aliphatic rings. The summed E-state index contributed by atoms with van der Waals surface area (Å²) >= 11 is 0. The highest BCUT2D eigenvalue weighted by molar-refractivity contribution is 5.33. The third kappa shape index (κ3) is 20.4. The standard InChI is InChI=1S/C128H228.C6H2.C5H4.C4H6.C3H4.C2H2.CH4.H3N.11H2/c1-61-58-126(50)120(39,40)96(36)95(35)119(37,38)125(126,49)54-53-97-55-98-81(21)106(80(97)20)72(12)76(16)113-77(17)73(13)107-86(26)103(61)89(29)111(93(107)33)101-57-102(85(25)118-71(11)67(7)66(6)70(10)117(118)84(101)24)112-91(31)105-63(3)60-128(52)124(47,48)122(43,44)121(41,42)123(45,46)127(128,51)59-62(2)104-87(27)108(74(14)78(18)114(113)79(19)75(15)109(88(105)28)94(112)34)92(32)110(90(104)30)100-56-99(98)82(22)115-68(8)64(4)65(5)69(9)116(115)83(100)23;1-3-5-6-4-2;1-3-5-4-2;1-3-4-2;1-3-2;1-2;;;;;;;;;;;;;/h61-112,115-118H,53-60H2,1-52H3;1-2H;1H,2H3;1-2H3;1H,2H3;1-2H;1H4;1H3;11*1H. The topological polar surface area (TPSA) is 35.0 Å². The molecule has 12 fully saturated rings. The highest BCUT2D eigenvalue weighted by Gasteiger charge is 2.77. The Morgan fingerprint density at radius 3 is 0.700 bits per heavy atom. The van der Waals surface area contributed by atoms with Crippen LogP contribution in [-0.2, 0) is 0 Å². The van der Waals surface area contributed by atoms with Crippen LogP contribution in [-0.4, -0.2) is 0 Å². The van der Waals surface area contributed by atoms with E-state index in [4.69, 9.17) is 19.3 Å². The summed E-state index contributed by atoms with van der Waals surface area (Å²) in [6.07, 6.45) is 37.9. The molecule has 876 valence electrons. The average molecular weight is 2080 g/mol. The molecule has 1 heteroatoms. The van der Waals surface area contributed by atoms with E-state index in [1.807, 2.05) is 13.8 Å². The van der Waals surface area contributed by atoms with Crippen molar-refractivity contribution in [3.63, 3.8) is 0 Å². The molecule has 0 aromatic rings. The number of hydrogen-bond acceptors (Lipinski definition) is 1. The zero-order valence-electron chi connectivity index (χ0n) is 109. The second-order valence-corrected chi connectivity index (χ2v) is 62.9. The smallest absolute Gasteiger partial charge is 0 e. The van der Waals surface area contributed by atoms with Gasteiger partial charge in [0.05, 0.1) is 0 Å². The van der Waals surface area contributed by atoms with Gasteiger partial charge in [0, 0.05) is 15.7 Å². The van der Waals surface area contributed by atoms with Crippen molar-refractivity contribution in [1.29, 1.82) is 0 Å². The predicted octanol–water partition coefficient (Wildman–Crippen LogP) is 43.3. The first kappa shape index (κ1) is 133. The van der Waals surface area contributed by atoms with E-state index >= 15 is 0 Å². The summed E-state index contributed by atoms with van der Waals surface area (Å²) in [6, 6.07) is 0. The molecule has 0 spiro atoms. The average Bonchev–Trinajstić information content (AvgIpc) is 0.974. The van der Waals surface area contributed by atoms with Crippen molar-refractivity contribution in [2.75, 3.05) is 0 Å². The number of allylic oxidation sites excluding steroid dienone is 2. The zero-order chi connectivity index (χ0) is 113. The van der Waals surface area contributed by atoms with Gasteiger partial charge in [-0.05, 0) is 500 Å². The van der Waals surface area contributed by atoms with E-state index in [0.29, 0.717) is 254 Å².